The van der Waals surface area contributed by atoms with Crippen LogP contribution in [0.3, 0.4) is 0 Å². The fourth-order valence-corrected chi connectivity index (χ4v) is 2.47. The zero-order valence-corrected chi connectivity index (χ0v) is 13.0. The number of nitrogens with zero attached hydrogens (tertiary/aromatic N) is 1. The Kier molecular flexibility index (Phi) is 8.11. The number of aliphatic carboxylic acids is 1. The Morgan fingerprint density at radius 1 is 1.35 bits per heavy atom. The van der Waals surface area contributed by atoms with E-state index in [1.54, 1.807) is 0 Å². The number of carboxylic acid groups (broad SMARTS) is 1. The van der Waals surface area contributed by atoms with Crippen LogP contribution in [0.2, 0.25) is 0 Å². The smallest absolute Gasteiger partial charge is 0.310 e. The SMILES string of the molecule is CCCN(CCOCCC(C)C)C1COCC1C(=O)O. The number of ether oxygens (including phenoxy) is 2. The largest absolute Gasteiger partial charge is 0.481 e. The summed E-state index contributed by atoms with van der Waals surface area (Å²) in [5.41, 5.74) is 0. The summed E-state index contributed by atoms with van der Waals surface area (Å²) >= 11 is 0. The van der Waals surface area contributed by atoms with E-state index in [0.717, 1.165) is 32.5 Å². The minimum Gasteiger partial charge on any atom is -0.481 e. The van der Waals surface area contributed by atoms with Crippen LogP contribution >= 0.6 is 0 Å². The van der Waals surface area contributed by atoms with Gasteiger partial charge in [-0.25, -0.2) is 0 Å². The third kappa shape index (κ3) is 5.77. The molecule has 0 radical (unpaired) electrons. The lowest BCUT2D eigenvalue weighted by molar-refractivity contribution is -0.143. The van der Waals surface area contributed by atoms with Gasteiger partial charge < -0.3 is 14.6 Å². The molecular formula is C15H29NO4. The van der Waals surface area contributed by atoms with Crippen molar-refractivity contribution < 1.29 is 19.4 Å². The number of hydrogen-bond acceptors (Lipinski definition) is 4. The highest BCUT2D eigenvalue weighted by Crippen LogP contribution is 2.20. The van der Waals surface area contributed by atoms with E-state index in [4.69, 9.17) is 9.47 Å². The van der Waals surface area contributed by atoms with Crippen LogP contribution in [0, 0.1) is 11.8 Å². The summed E-state index contributed by atoms with van der Waals surface area (Å²) in [6, 6.07) is -0.0128. The molecule has 0 amide bonds. The van der Waals surface area contributed by atoms with E-state index in [1.807, 2.05) is 0 Å². The van der Waals surface area contributed by atoms with E-state index in [9.17, 15) is 9.90 Å². The molecular weight excluding hydrogens is 258 g/mol. The lowest BCUT2D eigenvalue weighted by Gasteiger charge is -2.29. The Morgan fingerprint density at radius 2 is 2.10 bits per heavy atom. The predicted octanol–water partition coefficient (Wildman–Crippen LogP) is 1.86. The Bertz CT molecular complexity index is 283. The number of carbonyl (C=O) groups is 1. The summed E-state index contributed by atoms with van der Waals surface area (Å²) in [6.45, 7) is 10.4. The van der Waals surface area contributed by atoms with E-state index < -0.39 is 11.9 Å². The van der Waals surface area contributed by atoms with Crippen LogP contribution < -0.4 is 0 Å². The maximum absolute atomic E-state index is 11.2. The van der Waals surface area contributed by atoms with Crippen molar-refractivity contribution in [2.24, 2.45) is 11.8 Å². The molecule has 0 aromatic rings. The van der Waals surface area contributed by atoms with Gasteiger partial charge in [-0.05, 0) is 25.3 Å². The summed E-state index contributed by atoms with van der Waals surface area (Å²) in [4.78, 5) is 13.4. The zero-order chi connectivity index (χ0) is 15.0. The van der Waals surface area contributed by atoms with Crippen molar-refractivity contribution in [3.05, 3.63) is 0 Å². The summed E-state index contributed by atoms with van der Waals surface area (Å²) in [7, 11) is 0. The predicted molar refractivity (Wildman–Crippen MR) is 77.9 cm³/mol. The second-order valence-corrected chi connectivity index (χ2v) is 5.88. The average molecular weight is 287 g/mol. The van der Waals surface area contributed by atoms with Gasteiger partial charge in [-0.3, -0.25) is 9.69 Å². The fraction of sp³-hybridized carbons (Fsp3) is 0.933. The molecule has 1 heterocycles. The van der Waals surface area contributed by atoms with Crippen LogP contribution in [-0.4, -0.2) is 61.5 Å². The summed E-state index contributed by atoms with van der Waals surface area (Å²) in [5, 5.41) is 9.23. The maximum atomic E-state index is 11.2. The number of hydrogen-bond donors (Lipinski definition) is 1. The first kappa shape index (κ1) is 17.4. The van der Waals surface area contributed by atoms with Gasteiger partial charge in [0.2, 0.25) is 0 Å². The van der Waals surface area contributed by atoms with E-state index in [1.165, 1.54) is 0 Å². The first-order valence-electron chi connectivity index (χ1n) is 7.68. The number of carboxylic acids is 1. The standard InChI is InChI=1S/C15H29NO4/c1-4-6-16(7-9-19-8-5-12(2)3)14-11-20-10-13(14)15(17)18/h12-14H,4-11H2,1-3H3,(H,17,18). The van der Waals surface area contributed by atoms with Gasteiger partial charge in [0.25, 0.3) is 0 Å². The van der Waals surface area contributed by atoms with Crippen molar-refractivity contribution in [1.82, 2.24) is 4.90 Å². The lowest BCUT2D eigenvalue weighted by Crippen LogP contribution is -2.45. The maximum Gasteiger partial charge on any atom is 0.310 e. The fourth-order valence-electron chi connectivity index (χ4n) is 2.47. The molecule has 5 heteroatoms. The molecule has 1 N–H and O–H groups in total. The second kappa shape index (κ2) is 9.32. The van der Waals surface area contributed by atoms with Crippen LogP contribution in [0.15, 0.2) is 0 Å². The molecule has 0 aromatic carbocycles. The van der Waals surface area contributed by atoms with Gasteiger partial charge in [0.1, 0.15) is 0 Å². The number of rotatable bonds is 10. The molecule has 0 bridgehead atoms. The molecule has 118 valence electrons. The van der Waals surface area contributed by atoms with E-state index >= 15 is 0 Å². The highest BCUT2D eigenvalue weighted by Gasteiger charge is 2.37. The summed E-state index contributed by atoms with van der Waals surface area (Å²) < 4.78 is 11.0. The van der Waals surface area contributed by atoms with Crippen molar-refractivity contribution in [2.75, 3.05) is 39.5 Å². The second-order valence-electron chi connectivity index (χ2n) is 5.88. The molecule has 2 atom stereocenters. The van der Waals surface area contributed by atoms with Crippen molar-refractivity contribution in [3.63, 3.8) is 0 Å². The van der Waals surface area contributed by atoms with Gasteiger partial charge >= 0.3 is 5.97 Å². The van der Waals surface area contributed by atoms with Crippen molar-refractivity contribution in [2.45, 2.75) is 39.7 Å². The summed E-state index contributed by atoms with van der Waals surface area (Å²) in [6.07, 6.45) is 2.08. The first-order chi connectivity index (χ1) is 9.56. The Balaban J connectivity index is 2.37. The zero-order valence-electron chi connectivity index (χ0n) is 13.0. The Hall–Kier alpha value is -0.650. The Labute approximate surface area is 122 Å². The monoisotopic (exact) mass is 287 g/mol. The van der Waals surface area contributed by atoms with Gasteiger partial charge in [-0.2, -0.15) is 0 Å². The van der Waals surface area contributed by atoms with Crippen molar-refractivity contribution in [1.29, 1.82) is 0 Å². The Morgan fingerprint density at radius 3 is 2.70 bits per heavy atom. The van der Waals surface area contributed by atoms with Gasteiger partial charge in [-0.15, -0.1) is 0 Å². The normalized spacial score (nSPS) is 22.9. The topological polar surface area (TPSA) is 59.0 Å². The van der Waals surface area contributed by atoms with Crippen LogP contribution in [-0.2, 0) is 14.3 Å². The minimum absolute atomic E-state index is 0.0128. The van der Waals surface area contributed by atoms with Gasteiger partial charge in [-0.1, -0.05) is 20.8 Å². The summed E-state index contributed by atoms with van der Waals surface area (Å²) in [5.74, 6) is -0.507. The first-order valence-corrected chi connectivity index (χ1v) is 7.68. The molecule has 5 nitrogen and oxygen atoms in total. The van der Waals surface area contributed by atoms with Gasteiger partial charge in [0.15, 0.2) is 0 Å². The van der Waals surface area contributed by atoms with E-state index in [0.29, 0.717) is 25.7 Å². The molecule has 1 saturated heterocycles. The average Bonchev–Trinajstić information content (AvgIpc) is 2.86. The van der Waals surface area contributed by atoms with Crippen molar-refractivity contribution in [3.8, 4) is 0 Å². The quantitative estimate of drug-likeness (QED) is 0.622. The van der Waals surface area contributed by atoms with Gasteiger partial charge in [0, 0.05) is 19.2 Å². The van der Waals surface area contributed by atoms with Gasteiger partial charge in [0.05, 0.1) is 25.7 Å². The van der Waals surface area contributed by atoms with Crippen LogP contribution in [0.25, 0.3) is 0 Å². The van der Waals surface area contributed by atoms with Crippen LogP contribution in [0.1, 0.15) is 33.6 Å². The molecule has 1 aliphatic rings. The molecule has 1 aliphatic heterocycles. The molecule has 0 aliphatic carbocycles. The lowest BCUT2D eigenvalue weighted by atomic mass is 10.0. The molecule has 0 spiro atoms. The molecule has 1 fully saturated rings. The molecule has 2 unspecified atom stereocenters. The van der Waals surface area contributed by atoms with Crippen LogP contribution in [0.5, 0.6) is 0 Å². The minimum atomic E-state index is -0.755. The molecule has 1 rings (SSSR count). The van der Waals surface area contributed by atoms with Crippen molar-refractivity contribution >= 4 is 5.97 Å². The third-order valence-electron chi connectivity index (χ3n) is 3.71. The van der Waals surface area contributed by atoms with Crippen LogP contribution in [0.4, 0.5) is 0 Å². The third-order valence-corrected chi connectivity index (χ3v) is 3.71. The van der Waals surface area contributed by atoms with E-state index in [-0.39, 0.29) is 6.04 Å². The molecule has 20 heavy (non-hydrogen) atoms. The highest BCUT2D eigenvalue weighted by molar-refractivity contribution is 5.71. The van der Waals surface area contributed by atoms with E-state index in [2.05, 4.69) is 25.7 Å². The molecule has 0 aromatic heterocycles. The highest BCUT2D eigenvalue weighted by atomic mass is 16.5. The molecule has 0 saturated carbocycles.